The summed E-state index contributed by atoms with van der Waals surface area (Å²) in [5, 5.41) is 11.6. The van der Waals surface area contributed by atoms with E-state index in [1.54, 1.807) is 18.4 Å². The predicted molar refractivity (Wildman–Crippen MR) is 85.6 cm³/mol. The number of carbonyl (C=O) groups excluding carboxylic acids is 1. The Morgan fingerprint density at radius 3 is 2.81 bits per heavy atom. The van der Waals surface area contributed by atoms with Gasteiger partial charge in [-0.2, -0.15) is 0 Å². The van der Waals surface area contributed by atoms with Gasteiger partial charge in [0.2, 0.25) is 0 Å². The molecule has 5 heteroatoms. The van der Waals surface area contributed by atoms with Crippen molar-refractivity contribution in [3.63, 3.8) is 0 Å². The first-order valence-corrected chi connectivity index (χ1v) is 8.48. The second kappa shape index (κ2) is 8.60. The van der Waals surface area contributed by atoms with E-state index in [0.29, 0.717) is 23.3 Å². The third-order valence-corrected chi connectivity index (χ3v) is 3.71. The van der Waals surface area contributed by atoms with Crippen LogP contribution in [0.2, 0.25) is 0 Å². The largest absolute Gasteiger partial charge is 0.395 e. The van der Waals surface area contributed by atoms with Crippen LogP contribution >= 0.6 is 0 Å². The fourth-order valence-electron chi connectivity index (χ4n) is 1.86. The fourth-order valence-corrected chi connectivity index (χ4v) is 2.65. The van der Waals surface area contributed by atoms with Crippen LogP contribution in [0.15, 0.2) is 18.2 Å². The van der Waals surface area contributed by atoms with Crippen LogP contribution < -0.4 is 5.32 Å². The quantitative estimate of drug-likeness (QED) is 0.804. The summed E-state index contributed by atoms with van der Waals surface area (Å²) in [6.45, 7) is 3.73. The molecule has 2 unspecified atom stereocenters. The molecule has 0 spiro atoms. The number of benzene rings is 1. The van der Waals surface area contributed by atoms with E-state index in [1.807, 2.05) is 19.9 Å². The lowest BCUT2D eigenvalue weighted by molar-refractivity contribution is 0.0943. The number of aliphatic hydroxyl groups excluding tert-OH is 1. The predicted octanol–water partition coefficient (Wildman–Crippen LogP) is 1.23. The van der Waals surface area contributed by atoms with Crippen LogP contribution in [0.1, 0.15) is 34.8 Å². The Balaban J connectivity index is 2.94. The third-order valence-electron chi connectivity index (χ3n) is 2.74. The molecule has 2 N–H and O–H groups in total. The first-order chi connectivity index (χ1) is 9.93. The summed E-state index contributed by atoms with van der Waals surface area (Å²) < 4.78 is 11.2. The summed E-state index contributed by atoms with van der Waals surface area (Å²) in [5.41, 5.74) is 2.12. The lowest BCUT2D eigenvalue weighted by Gasteiger charge is -2.13. The molecule has 21 heavy (non-hydrogen) atoms. The molecule has 0 fully saturated rings. The Hall–Kier alpha value is -1.64. The SMILES string of the molecule is Cc1ccc(C#CCCO)c(C(=O)NC(C)CS(C)=O)c1. The molecule has 0 aliphatic carbocycles. The van der Waals surface area contributed by atoms with E-state index in [1.165, 1.54) is 0 Å². The van der Waals surface area contributed by atoms with Crippen molar-refractivity contribution < 1.29 is 14.1 Å². The van der Waals surface area contributed by atoms with Gasteiger partial charge in [0, 0.05) is 40.8 Å². The molecule has 0 saturated carbocycles. The number of aryl methyl sites for hydroxylation is 1. The molecule has 0 aromatic heterocycles. The first-order valence-electron chi connectivity index (χ1n) is 6.75. The van der Waals surface area contributed by atoms with Crippen molar-refractivity contribution >= 4 is 16.7 Å². The average Bonchev–Trinajstić information content (AvgIpc) is 2.39. The molecule has 0 saturated heterocycles. The second-order valence-corrected chi connectivity index (χ2v) is 6.42. The van der Waals surface area contributed by atoms with Crippen LogP contribution in [-0.2, 0) is 10.8 Å². The highest BCUT2D eigenvalue weighted by molar-refractivity contribution is 7.84. The van der Waals surface area contributed by atoms with Gasteiger partial charge in [0.25, 0.3) is 5.91 Å². The Labute approximate surface area is 128 Å². The number of hydrogen-bond donors (Lipinski definition) is 2. The Morgan fingerprint density at radius 2 is 2.19 bits per heavy atom. The number of rotatable bonds is 5. The van der Waals surface area contributed by atoms with Gasteiger partial charge in [0.15, 0.2) is 0 Å². The van der Waals surface area contributed by atoms with Gasteiger partial charge in [0.05, 0.1) is 12.2 Å². The van der Waals surface area contributed by atoms with Gasteiger partial charge in [-0.1, -0.05) is 23.5 Å². The normalized spacial score (nSPS) is 13.0. The highest BCUT2D eigenvalue weighted by atomic mass is 32.2. The molecule has 0 radical (unpaired) electrons. The number of hydrogen-bond acceptors (Lipinski definition) is 3. The van der Waals surface area contributed by atoms with Gasteiger partial charge in [-0.15, -0.1) is 0 Å². The van der Waals surface area contributed by atoms with Crippen molar-refractivity contribution in [2.45, 2.75) is 26.3 Å². The summed E-state index contributed by atoms with van der Waals surface area (Å²) >= 11 is 0. The van der Waals surface area contributed by atoms with E-state index < -0.39 is 10.8 Å². The molecule has 1 aromatic rings. The maximum atomic E-state index is 12.3. The average molecular weight is 307 g/mol. The summed E-state index contributed by atoms with van der Waals surface area (Å²) in [5.74, 6) is 5.93. The van der Waals surface area contributed by atoms with Gasteiger partial charge in [-0.25, -0.2) is 0 Å². The number of nitrogens with one attached hydrogen (secondary N) is 1. The monoisotopic (exact) mass is 307 g/mol. The molecule has 0 bridgehead atoms. The van der Waals surface area contributed by atoms with Crippen molar-refractivity contribution in [1.82, 2.24) is 5.32 Å². The maximum Gasteiger partial charge on any atom is 0.252 e. The fraction of sp³-hybridized carbons (Fsp3) is 0.438. The van der Waals surface area contributed by atoms with Crippen molar-refractivity contribution in [1.29, 1.82) is 0 Å². The molecule has 4 nitrogen and oxygen atoms in total. The van der Waals surface area contributed by atoms with Crippen molar-refractivity contribution in [3.8, 4) is 11.8 Å². The molecule has 2 atom stereocenters. The molecular formula is C16H21NO3S. The first kappa shape index (κ1) is 17.4. The van der Waals surface area contributed by atoms with E-state index in [4.69, 9.17) is 5.11 Å². The van der Waals surface area contributed by atoms with Gasteiger partial charge in [0.1, 0.15) is 0 Å². The molecule has 1 rings (SSSR count). The van der Waals surface area contributed by atoms with E-state index in [-0.39, 0.29) is 18.6 Å². The Bertz CT molecular complexity index is 587. The van der Waals surface area contributed by atoms with Crippen molar-refractivity contribution in [2.75, 3.05) is 18.6 Å². The standard InChI is InChI=1S/C16H21NO3S/c1-12-7-8-14(6-4-5-9-18)15(10-12)16(19)17-13(2)11-21(3)20/h7-8,10,13,18H,5,9,11H2,1-3H3,(H,17,19). The van der Waals surface area contributed by atoms with E-state index in [9.17, 15) is 9.00 Å². The summed E-state index contributed by atoms with van der Waals surface area (Å²) in [6, 6.07) is 5.32. The highest BCUT2D eigenvalue weighted by Gasteiger charge is 2.14. The maximum absolute atomic E-state index is 12.3. The zero-order valence-electron chi connectivity index (χ0n) is 12.6. The van der Waals surface area contributed by atoms with Crippen LogP contribution in [0.5, 0.6) is 0 Å². The third kappa shape index (κ3) is 6.11. The van der Waals surface area contributed by atoms with E-state index in [2.05, 4.69) is 17.2 Å². The highest BCUT2D eigenvalue weighted by Crippen LogP contribution is 2.11. The molecule has 1 aromatic carbocycles. The number of amides is 1. The van der Waals surface area contributed by atoms with Gasteiger partial charge in [-0.05, 0) is 26.0 Å². The zero-order chi connectivity index (χ0) is 15.8. The molecule has 114 valence electrons. The summed E-state index contributed by atoms with van der Waals surface area (Å²) in [7, 11) is -0.955. The topological polar surface area (TPSA) is 66.4 Å². The lowest BCUT2D eigenvalue weighted by Crippen LogP contribution is -2.36. The van der Waals surface area contributed by atoms with Gasteiger partial charge in [-0.3, -0.25) is 9.00 Å². The van der Waals surface area contributed by atoms with E-state index in [0.717, 1.165) is 5.56 Å². The van der Waals surface area contributed by atoms with Gasteiger partial charge >= 0.3 is 0 Å². The van der Waals surface area contributed by atoms with Crippen molar-refractivity contribution in [2.24, 2.45) is 0 Å². The molecule has 0 aliphatic heterocycles. The van der Waals surface area contributed by atoms with Crippen molar-refractivity contribution in [3.05, 3.63) is 34.9 Å². The zero-order valence-corrected chi connectivity index (χ0v) is 13.4. The second-order valence-electron chi connectivity index (χ2n) is 4.94. The lowest BCUT2D eigenvalue weighted by atomic mass is 10.0. The summed E-state index contributed by atoms with van der Waals surface area (Å²) in [6.07, 6.45) is 1.99. The van der Waals surface area contributed by atoms with Crippen LogP contribution in [0, 0.1) is 18.8 Å². The minimum Gasteiger partial charge on any atom is -0.395 e. The van der Waals surface area contributed by atoms with Crippen LogP contribution in [0.25, 0.3) is 0 Å². The van der Waals surface area contributed by atoms with Crippen LogP contribution in [0.4, 0.5) is 0 Å². The van der Waals surface area contributed by atoms with Gasteiger partial charge < -0.3 is 10.4 Å². The molecule has 0 aliphatic rings. The molecule has 0 heterocycles. The minimum absolute atomic E-state index is 0.000259. The van der Waals surface area contributed by atoms with E-state index >= 15 is 0 Å². The molecular weight excluding hydrogens is 286 g/mol. The number of aliphatic hydroxyl groups is 1. The minimum atomic E-state index is -0.955. The van der Waals surface area contributed by atoms with Crippen LogP contribution in [-0.4, -0.2) is 39.9 Å². The van der Waals surface area contributed by atoms with Crippen LogP contribution in [0.3, 0.4) is 0 Å². The summed E-state index contributed by atoms with van der Waals surface area (Å²) in [4.78, 5) is 12.3. The smallest absolute Gasteiger partial charge is 0.252 e. The Kier molecular flexibility index (Phi) is 7.13. The number of carbonyl (C=O) groups is 1. The Morgan fingerprint density at radius 1 is 1.48 bits per heavy atom. The molecule has 1 amide bonds.